The molecule has 9 nitrogen and oxygen atoms in total. The van der Waals surface area contributed by atoms with Gasteiger partial charge in [-0.1, -0.05) is 18.1 Å². The van der Waals surface area contributed by atoms with Crippen LogP contribution in [-0.2, 0) is 16.1 Å². The highest BCUT2D eigenvalue weighted by atomic mass is 19.4. The summed E-state index contributed by atoms with van der Waals surface area (Å²) >= 11 is 0. The summed E-state index contributed by atoms with van der Waals surface area (Å²) in [7, 11) is 0. The van der Waals surface area contributed by atoms with Crippen molar-refractivity contribution in [3.8, 4) is 0 Å². The topological polar surface area (TPSA) is 123 Å². The lowest BCUT2D eigenvalue weighted by atomic mass is 10.2. The maximum atomic E-state index is 10.9. The molecule has 2 aliphatic carbocycles. The summed E-state index contributed by atoms with van der Waals surface area (Å²) in [5.74, 6) is -3.74. The predicted molar refractivity (Wildman–Crippen MR) is 91.0 cm³/mol. The highest BCUT2D eigenvalue weighted by molar-refractivity contribution is 5.75. The number of hydrogen-bond donors (Lipinski definition) is 2. The molecule has 0 aromatic carbocycles. The third-order valence-corrected chi connectivity index (χ3v) is 5.03. The number of nitrogens with zero attached hydrogens (tertiary/aromatic N) is 5. The minimum atomic E-state index is -5.08. The number of alkyl halides is 3. The van der Waals surface area contributed by atoms with Gasteiger partial charge in [0.25, 0.3) is 0 Å². The molecule has 2 N–H and O–H groups in total. The van der Waals surface area contributed by atoms with Crippen molar-refractivity contribution in [3.05, 3.63) is 29.8 Å². The molecule has 12 heteroatoms. The summed E-state index contributed by atoms with van der Waals surface area (Å²) in [6, 6.07) is 2.53. The number of carboxylic acid groups (broad SMARTS) is 2. The van der Waals surface area contributed by atoms with Gasteiger partial charge in [-0.05, 0) is 25.3 Å². The van der Waals surface area contributed by atoms with Gasteiger partial charge >= 0.3 is 18.1 Å². The molecule has 0 radical (unpaired) electrons. The van der Waals surface area contributed by atoms with Gasteiger partial charge in [-0.2, -0.15) is 18.3 Å². The number of hydrogen-bond acceptors (Lipinski definition) is 5. The van der Waals surface area contributed by atoms with E-state index in [1.165, 1.54) is 25.7 Å². The summed E-state index contributed by atoms with van der Waals surface area (Å²) in [4.78, 5) is 19.8. The zero-order valence-electron chi connectivity index (χ0n) is 15.3. The van der Waals surface area contributed by atoms with Crippen molar-refractivity contribution in [3.63, 3.8) is 0 Å². The minimum absolute atomic E-state index is 0.0333. The second-order valence-corrected chi connectivity index (χ2v) is 7.14. The first-order valence-electron chi connectivity index (χ1n) is 9.12. The Morgan fingerprint density at radius 1 is 1.21 bits per heavy atom. The van der Waals surface area contributed by atoms with E-state index in [0.29, 0.717) is 19.0 Å². The lowest BCUT2D eigenvalue weighted by Crippen LogP contribution is -2.21. The van der Waals surface area contributed by atoms with Gasteiger partial charge in [0, 0.05) is 18.3 Å². The normalized spacial score (nSPS) is 21.5. The fraction of sp³-hybridized carbons (Fsp3) is 0.588. The van der Waals surface area contributed by atoms with Crippen molar-refractivity contribution in [1.29, 1.82) is 0 Å². The van der Waals surface area contributed by atoms with Crippen LogP contribution < -0.4 is 0 Å². The van der Waals surface area contributed by atoms with Crippen LogP contribution in [0.1, 0.15) is 55.5 Å². The summed E-state index contributed by atoms with van der Waals surface area (Å²) in [5.41, 5.74) is 1.92. The molecule has 0 aliphatic heterocycles. The van der Waals surface area contributed by atoms with Crippen LogP contribution in [-0.4, -0.2) is 53.1 Å². The van der Waals surface area contributed by atoms with Gasteiger partial charge in [-0.25, -0.2) is 9.48 Å². The van der Waals surface area contributed by atoms with Gasteiger partial charge in [0.05, 0.1) is 29.9 Å². The number of aliphatic carboxylic acids is 2. The molecule has 2 saturated carbocycles. The Labute approximate surface area is 163 Å². The van der Waals surface area contributed by atoms with E-state index in [1.807, 2.05) is 18.5 Å². The average molecular weight is 415 g/mol. The SMILES string of the molecule is O=C(O)C(F)(F)F.O=C(O)[C@@H]1C[C@@H]1c1cn(Cc2ccnn2C2CCCC2)nn1. The van der Waals surface area contributed by atoms with Crippen molar-refractivity contribution < 1.29 is 33.0 Å². The van der Waals surface area contributed by atoms with E-state index < -0.39 is 18.1 Å². The van der Waals surface area contributed by atoms with Crippen molar-refractivity contribution in [2.24, 2.45) is 5.92 Å². The first-order valence-corrected chi connectivity index (χ1v) is 9.12. The fourth-order valence-corrected chi connectivity index (χ4v) is 3.47. The predicted octanol–water partition coefficient (Wildman–Crippen LogP) is 2.46. The van der Waals surface area contributed by atoms with E-state index in [2.05, 4.69) is 20.1 Å². The molecule has 2 fully saturated rings. The summed E-state index contributed by atoms with van der Waals surface area (Å²) in [6.45, 7) is 0.633. The maximum absolute atomic E-state index is 10.9. The molecule has 0 spiro atoms. The first-order chi connectivity index (χ1) is 13.7. The summed E-state index contributed by atoms with van der Waals surface area (Å²) < 4.78 is 35.6. The lowest BCUT2D eigenvalue weighted by Gasteiger charge is -2.13. The smallest absolute Gasteiger partial charge is 0.481 e. The van der Waals surface area contributed by atoms with Crippen molar-refractivity contribution >= 4 is 11.9 Å². The Kier molecular flexibility index (Phi) is 5.89. The van der Waals surface area contributed by atoms with Crippen LogP contribution in [0.5, 0.6) is 0 Å². The summed E-state index contributed by atoms with van der Waals surface area (Å²) in [5, 5.41) is 28.9. The van der Waals surface area contributed by atoms with Gasteiger partial charge < -0.3 is 10.2 Å². The number of rotatable bonds is 5. The number of carboxylic acids is 2. The van der Waals surface area contributed by atoms with Crippen LogP contribution in [0.25, 0.3) is 0 Å². The van der Waals surface area contributed by atoms with Crippen LogP contribution >= 0.6 is 0 Å². The Hall–Kier alpha value is -2.92. The van der Waals surface area contributed by atoms with Gasteiger partial charge in [0.15, 0.2) is 0 Å². The highest BCUT2D eigenvalue weighted by Gasteiger charge is 2.46. The molecular weight excluding hydrogens is 395 g/mol. The molecule has 2 aromatic rings. The summed E-state index contributed by atoms with van der Waals surface area (Å²) in [6.07, 6.45) is 4.24. The molecule has 0 unspecified atom stereocenters. The molecule has 0 saturated heterocycles. The average Bonchev–Trinajstić information content (AvgIpc) is 3.03. The molecule has 0 amide bonds. The Balaban J connectivity index is 0.000000298. The van der Waals surface area contributed by atoms with Crippen LogP contribution in [0.2, 0.25) is 0 Å². The molecule has 2 atom stereocenters. The van der Waals surface area contributed by atoms with Crippen molar-refractivity contribution in [2.45, 2.75) is 56.8 Å². The Morgan fingerprint density at radius 2 is 1.86 bits per heavy atom. The fourth-order valence-electron chi connectivity index (χ4n) is 3.47. The largest absolute Gasteiger partial charge is 0.490 e. The lowest BCUT2D eigenvalue weighted by molar-refractivity contribution is -0.192. The highest BCUT2D eigenvalue weighted by Crippen LogP contribution is 2.46. The second kappa shape index (κ2) is 8.21. The van der Waals surface area contributed by atoms with Crippen molar-refractivity contribution in [2.75, 3.05) is 0 Å². The molecule has 2 heterocycles. The first kappa shape index (κ1) is 20.8. The van der Waals surface area contributed by atoms with E-state index in [9.17, 15) is 18.0 Å². The van der Waals surface area contributed by atoms with E-state index in [0.717, 1.165) is 11.4 Å². The minimum Gasteiger partial charge on any atom is -0.481 e. The van der Waals surface area contributed by atoms with E-state index >= 15 is 0 Å². The van der Waals surface area contributed by atoms with Crippen LogP contribution in [0, 0.1) is 5.92 Å². The van der Waals surface area contributed by atoms with E-state index in [4.69, 9.17) is 15.0 Å². The van der Waals surface area contributed by atoms with Gasteiger partial charge in [-0.3, -0.25) is 9.48 Å². The van der Waals surface area contributed by atoms with Gasteiger partial charge in [0.2, 0.25) is 0 Å². The van der Waals surface area contributed by atoms with Gasteiger partial charge in [0.1, 0.15) is 0 Å². The Morgan fingerprint density at radius 3 is 2.41 bits per heavy atom. The van der Waals surface area contributed by atoms with E-state index in [-0.39, 0.29) is 11.8 Å². The molecule has 4 rings (SSSR count). The number of aromatic nitrogens is 5. The zero-order chi connectivity index (χ0) is 21.2. The third kappa shape index (κ3) is 5.12. The molecule has 29 heavy (non-hydrogen) atoms. The molecule has 2 aromatic heterocycles. The number of carbonyl (C=O) groups is 2. The quantitative estimate of drug-likeness (QED) is 0.769. The van der Waals surface area contributed by atoms with Gasteiger partial charge in [-0.15, -0.1) is 5.10 Å². The van der Waals surface area contributed by atoms with Crippen molar-refractivity contribution in [1.82, 2.24) is 24.8 Å². The standard InChI is InChI=1S/C15H19N5O2.C2HF3O2/c21-15(22)13-7-12(13)14-9-19(18-17-14)8-11-5-6-16-20(11)10-3-1-2-4-10;3-2(4,5)1(6)7/h5-6,9-10,12-13H,1-4,7-8H2,(H,21,22);(H,6,7)/t12-,13+;/m0./s1. The van der Waals surface area contributed by atoms with E-state index in [1.54, 1.807) is 4.68 Å². The molecule has 2 aliphatic rings. The van der Waals surface area contributed by atoms with Crippen LogP contribution in [0.4, 0.5) is 13.2 Å². The number of halogens is 3. The monoisotopic (exact) mass is 415 g/mol. The van der Waals surface area contributed by atoms with Crippen LogP contribution in [0.15, 0.2) is 18.5 Å². The molecule has 0 bridgehead atoms. The molecular formula is C17H20F3N5O4. The molecule has 158 valence electrons. The maximum Gasteiger partial charge on any atom is 0.490 e. The zero-order valence-corrected chi connectivity index (χ0v) is 15.3. The van der Waals surface area contributed by atoms with Crippen LogP contribution in [0.3, 0.4) is 0 Å². The Bertz CT molecular complexity index is 873. The third-order valence-electron chi connectivity index (χ3n) is 5.03. The second-order valence-electron chi connectivity index (χ2n) is 7.14.